The van der Waals surface area contributed by atoms with E-state index in [1.807, 2.05) is 19.1 Å². The van der Waals surface area contributed by atoms with Crippen LogP contribution < -0.4 is 10.1 Å². The first-order chi connectivity index (χ1) is 15.9. The maximum atomic E-state index is 13.3. The number of aryl methyl sites for hydroxylation is 1. The number of hydrogen-bond acceptors (Lipinski definition) is 3. The molecule has 0 aliphatic carbocycles. The maximum Gasteiger partial charge on any atom is 0.256 e. The number of anilines is 1. The molecule has 1 heterocycles. The van der Waals surface area contributed by atoms with E-state index in [-0.39, 0.29) is 5.91 Å². The molecule has 0 aliphatic heterocycles. The number of benzene rings is 3. The molecule has 4 aromatic rings. The maximum absolute atomic E-state index is 13.3. The van der Waals surface area contributed by atoms with Gasteiger partial charge in [0.1, 0.15) is 18.2 Å². The van der Waals surface area contributed by atoms with Gasteiger partial charge in [0.25, 0.3) is 5.91 Å². The fraction of sp³-hybridized carbons (Fsp3) is 0.120. The summed E-state index contributed by atoms with van der Waals surface area (Å²) >= 11 is 12.0. The molecule has 0 fully saturated rings. The van der Waals surface area contributed by atoms with Crippen molar-refractivity contribution < 1.29 is 13.9 Å². The first-order valence-corrected chi connectivity index (χ1v) is 10.9. The van der Waals surface area contributed by atoms with E-state index in [9.17, 15) is 9.18 Å². The topological polar surface area (TPSA) is 56.1 Å². The zero-order valence-electron chi connectivity index (χ0n) is 17.7. The van der Waals surface area contributed by atoms with Crippen LogP contribution in [0.1, 0.15) is 27.2 Å². The lowest BCUT2D eigenvalue weighted by molar-refractivity contribution is 0.102. The van der Waals surface area contributed by atoms with E-state index in [0.29, 0.717) is 40.3 Å². The molecule has 168 valence electrons. The number of aromatic nitrogens is 2. The van der Waals surface area contributed by atoms with Gasteiger partial charge in [-0.05, 0) is 66.6 Å². The Bertz CT molecular complexity index is 1270. The van der Waals surface area contributed by atoms with Crippen LogP contribution in [0.5, 0.6) is 5.75 Å². The van der Waals surface area contributed by atoms with Crippen LogP contribution in [0.15, 0.2) is 72.8 Å². The van der Waals surface area contributed by atoms with Crippen molar-refractivity contribution in [2.75, 3.05) is 5.32 Å². The van der Waals surface area contributed by atoms with Crippen molar-refractivity contribution in [3.63, 3.8) is 0 Å². The van der Waals surface area contributed by atoms with Gasteiger partial charge >= 0.3 is 0 Å². The number of carbonyl (C=O) groups is 1. The number of nitrogens with zero attached hydrogens (tertiary/aromatic N) is 2. The van der Waals surface area contributed by atoms with Crippen LogP contribution in [-0.2, 0) is 13.2 Å². The lowest BCUT2D eigenvalue weighted by atomic mass is 10.1. The van der Waals surface area contributed by atoms with E-state index in [2.05, 4.69) is 10.4 Å². The molecular formula is C25H20Cl2FN3O2. The molecule has 4 rings (SSSR count). The van der Waals surface area contributed by atoms with Gasteiger partial charge in [-0.1, -0.05) is 41.4 Å². The minimum absolute atomic E-state index is 0.273. The Balaban J connectivity index is 1.37. The second-order valence-corrected chi connectivity index (χ2v) is 8.30. The van der Waals surface area contributed by atoms with Crippen molar-refractivity contribution in [1.29, 1.82) is 0 Å². The molecule has 0 aliphatic rings. The summed E-state index contributed by atoms with van der Waals surface area (Å²) in [5.74, 6) is 0.473. The molecule has 0 bridgehead atoms. The first-order valence-electron chi connectivity index (χ1n) is 10.1. The van der Waals surface area contributed by atoms with Crippen LogP contribution in [0.2, 0.25) is 10.0 Å². The van der Waals surface area contributed by atoms with Crippen molar-refractivity contribution in [3.8, 4) is 5.75 Å². The van der Waals surface area contributed by atoms with E-state index in [1.165, 1.54) is 12.1 Å². The third kappa shape index (κ3) is 5.92. The van der Waals surface area contributed by atoms with E-state index in [4.69, 9.17) is 27.9 Å². The molecule has 0 spiro atoms. The van der Waals surface area contributed by atoms with E-state index in [1.54, 1.807) is 53.2 Å². The summed E-state index contributed by atoms with van der Waals surface area (Å²) in [6, 6.07) is 20.3. The van der Waals surface area contributed by atoms with Gasteiger partial charge in [0.2, 0.25) is 0 Å². The summed E-state index contributed by atoms with van der Waals surface area (Å²) in [6.45, 7) is 2.61. The minimum atomic E-state index is -0.392. The van der Waals surface area contributed by atoms with Crippen molar-refractivity contribution in [1.82, 2.24) is 9.78 Å². The van der Waals surface area contributed by atoms with Crippen molar-refractivity contribution >= 4 is 34.9 Å². The molecule has 3 aromatic carbocycles. The smallest absolute Gasteiger partial charge is 0.256 e. The fourth-order valence-corrected chi connectivity index (χ4v) is 3.53. The van der Waals surface area contributed by atoms with Gasteiger partial charge < -0.3 is 10.1 Å². The third-order valence-electron chi connectivity index (χ3n) is 4.99. The third-order valence-corrected chi connectivity index (χ3v) is 5.60. The molecule has 0 saturated carbocycles. The molecule has 1 amide bonds. The number of nitrogens with one attached hydrogen (secondary N) is 1. The lowest BCUT2D eigenvalue weighted by Crippen LogP contribution is -2.13. The summed E-state index contributed by atoms with van der Waals surface area (Å²) in [6.07, 6.45) is 0. The first kappa shape index (κ1) is 22.8. The van der Waals surface area contributed by atoms with Gasteiger partial charge in [-0.3, -0.25) is 9.48 Å². The predicted octanol–water partition coefficient (Wildman–Crippen LogP) is 6.52. The van der Waals surface area contributed by atoms with Gasteiger partial charge in [0.05, 0.1) is 6.54 Å². The molecule has 0 saturated heterocycles. The number of halogens is 3. The molecule has 1 aromatic heterocycles. The average Bonchev–Trinajstić information content (AvgIpc) is 3.14. The predicted molar refractivity (Wildman–Crippen MR) is 128 cm³/mol. The lowest BCUT2D eigenvalue weighted by Gasteiger charge is -2.08. The molecular weight excluding hydrogens is 464 g/mol. The Hall–Kier alpha value is -3.35. The normalized spacial score (nSPS) is 10.8. The number of ether oxygens (including phenoxy) is 1. The van der Waals surface area contributed by atoms with Crippen molar-refractivity contribution in [2.45, 2.75) is 20.1 Å². The zero-order chi connectivity index (χ0) is 23.4. The van der Waals surface area contributed by atoms with E-state index < -0.39 is 5.82 Å². The Morgan fingerprint density at radius 1 is 1.03 bits per heavy atom. The highest BCUT2D eigenvalue weighted by atomic mass is 35.5. The molecule has 0 radical (unpaired) electrons. The molecule has 0 unspecified atom stereocenters. The van der Waals surface area contributed by atoms with Crippen molar-refractivity contribution in [3.05, 3.63) is 111 Å². The van der Waals surface area contributed by atoms with Crippen LogP contribution in [0.25, 0.3) is 0 Å². The molecule has 8 heteroatoms. The summed E-state index contributed by atoms with van der Waals surface area (Å²) in [4.78, 5) is 12.6. The number of carbonyl (C=O) groups excluding carboxylic acids is 1. The van der Waals surface area contributed by atoms with Crippen LogP contribution in [0, 0.1) is 12.7 Å². The van der Waals surface area contributed by atoms with Gasteiger partial charge in [-0.2, -0.15) is 5.10 Å². The quantitative estimate of drug-likeness (QED) is 0.325. The number of hydrogen-bond donors (Lipinski definition) is 1. The molecule has 5 nitrogen and oxygen atoms in total. The van der Waals surface area contributed by atoms with Crippen LogP contribution in [-0.4, -0.2) is 15.7 Å². The Morgan fingerprint density at radius 3 is 2.45 bits per heavy atom. The summed E-state index contributed by atoms with van der Waals surface area (Å²) < 4.78 is 20.7. The summed E-state index contributed by atoms with van der Waals surface area (Å²) in [5.41, 5.74) is 3.00. The highest BCUT2D eigenvalue weighted by Gasteiger charge is 2.12. The van der Waals surface area contributed by atoms with Crippen molar-refractivity contribution in [2.24, 2.45) is 0 Å². The van der Waals surface area contributed by atoms with Crippen LogP contribution in [0.4, 0.5) is 10.2 Å². The SMILES string of the molecule is Cc1cc(NC(=O)c2ccc(COc3ccc(Cl)cc3)cc2)nn1Cc1ccc(F)cc1Cl. The highest BCUT2D eigenvalue weighted by molar-refractivity contribution is 6.31. The van der Waals surface area contributed by atoms with Gasteiger partial charge in [0.15, 0.2) is 5.82 Å². The average molecular weight is 484 g/mol. The molecule has 1 N–H and O–H groups in total. The second kappa shape index (κ2) is 10.1. The second-order valence-electron chi connectivity index (χ2n) is 7.46. The Kier molecular flexibility index (Phi) is 6.96. The summed E-state index contributed by atoms with van der Waals surface area (Å²) in [7, 11) is 0. The number of rotatable bonds is 7. The number of amides is 1. The fourth-order valence-electron chi connectivity index (χ4n) is 3.18. The largest absolute Gasteiger partial charge is 0.489 e. The standard InChI is InChI=1S/C25H20Cl2FN3O2/c1-16-12-24(30-31(16)14-19-6-9-21(28)13-23(19)27)29-25(32)18-4-2-17(3-5-18)15-33-22-10-7-20(26)8-11-22/h2-13H,14-15H2,1H3,(H,29,30,32). The monoisotopic (exact) mass is 483 g/mol. The highest BCUT2D eigenvalue weighted by Crippen LogP contribution is 2.20. The van der Waals surface area contributed by atoms with E-state index >= 15 is 0 Å². The minimum Gasteiger partial charge on any atom is -0.489 e. The summed E-state index contributed by atoms with van der Waals surface area (Å²) in [5, 5.41) is 8.21. The van der Waals surface area contributed by atoms with Gasteiger partial charge in [-0.15, -0.1) is 0 Å². The Morgan fingerprint density at radius 2 is 1.76 bits per heavy atom. The van der Waals surface area contributed by atoms with E-state index in [0.717, 1.165) is 16.8 Å². The molecule has 0 atom stereocenters. The Labute approximate surface area is 200 Å². The van der Waals surface area contributed by atoms with Crippen LogP contribution >= 0.6 is 23.2 Å². The zero-order valence-corrected chi connectivity index (χ0v) is 19.2. The van der Waals surface area contributed by atoms with Gasteiger partial charge in [0, 0.05) is 27.4 Å². The van der Waals surface area contributed by atoms with Gasteiger partial charge in [-0.25, -0.2) is 4.39 Å². The van der Waals surface area contributed by atoms with Crippen LogP contribution in [0.3, 0.4) is 0 Å². The molecule has 33 heavy (non-hydrogen) atoms.